The normalized spacial score (nSPS) is 20.3. The number of hydrogen-bond donors (Lipinski definition) is 1. The van der Waals surface area contributed by atoms with Crippen LogP contribution in [0.5, 0.6) is 0 Å². The highest BCUT2D eigenvalue weighted by Gasteiger charge is 2.52. The maximum atomic E-state index is 9.23. The average Bonchev–Trinajstić information content (AvgIpc) is 2.57. The molecular formula is C13H18BN3O2. The Morgan fingerprint density at radius 3 is 2.37 bits per heavy atom. The van der Waals surface area contributed by atoms with Gasteiger partial charge in [-0.15, -0.1) is 0 Å². The molecule has 0 saturated carbocycles. The Bertz CT molecular complexity index is 521. The molecule has 19 heavy (non-hydrogen) atoms. The fourth-order valence-electron chi connectivity index (χ4n) is 2.00. The largest absolute Gasteiger partial charge is 0.498 e. The number of aromatic nitrogens is 1. The molecule has 100 valence electrons. The fourth-order valence-corrected chi connectivity index (χ4v) is 2.00. The van der Waals surface area contributed by atoms with Gasteiger partial charge in [-0.2, -0.15) is 5.26 Å². The molecule has 0 amide bonds. The van der Waals surface area contributed by atoms with Crippen molar-refractivity contribution in [3.63, 3.8) is 0 Å². The van der Waals surface area contributed by atoms with E-state index in [1.807, 2.05) is 27.7 Å². The highest BCUT2D eigenvalue weighted by molar-refractivity contribution is 6.63. The predicted octanol–water partition coefficient (Wildman–Crippen LogP) is 0.711. The molecule has 1 fully saturated rings. The van der Waals surface area contributed by atoms with E-state index in [4.69, 9.17) is 15.0 Å². The number of pyridine rings is 1. The zero-order valence-corrected chi connectivity index (χ0v) is 11.7. The van der Waals surface area contributed by atoms with Crippen LogP contribution in [0, 0.1) is 11.3 Å². The zero-order valence-electron chi connectivity index (χ0n) is 11.7. The minimum Gasteiger partial charge on any atom is -0.399 e. The van der Waals surface area contributed by atoms with E-state index in [1.165, 1.54) is 0 Å². The lowest BCUT2D eigenvalue weighted by Gasteiger charge is -2.32. The Hall–Kier alpha value is -1.42. The van der Waals surface area contributed by atoms with Crippen LogP contribution in [0.3, 0.4) is 0 Å². The first-order valence-electron chi connectivity index (χ1n) is 6.26. The first-order valence-corrected chi connectivity index (χ1v) is 6.26. The van der Waals surface area contributed by atoms with Gasteiger partial charge in [0.2, 0.25) is 0 Å². The molecule has 1 aliphatic heterocycles. The average molecular weight is 259 g/mol. The third kappa shape index (κ3) is 2.25. The van der Waals surface area contributed by atoms with E-state index < -0.39 is 18.3 Å². The van der Waals surface area contributed by atoms with Gasteiger partial charge in [0.15, 0.2) is 0 Å². The van der Waals surface area contributed by atoms with Crippen molar-refractivity contribution in [1.82, 2.24) is 4.98 Å². The lowest BCUT2D eigenvalue weighted by Crippen LogP contribution is -2.41. The first-order chi connectivity index (χ1) is 8.82. The third-order valence-electron chi connectivity index (χ3n) is 3.88. The van der Waals surface area contributed by atoms with Gasteiger partial charge in [0.25, 0.3) is 0 Å². The van der Waals surface area contributed by atoms with Crippen LogP contribution in [0.25, 0.3) is 0 Å². The summed E-state index contributed by atoms with van der Waals surface area (Å²) < 4.78 is 11.9. The van der Waals surface area contributed by atoms with Gasteiger partial charge in [-0.05, 0) is 33.8 Å². The highest BCUT2D eigenvalue weighted by atomic mass is 16.7. The van der Waals surface area contributed by atoms with E-state index in [0.717, 1.165) is 0 Å². The summed E-state index contributed by atoms with van der Waals surface area (Å²) >= 11 is 0. The van der Waals surface area contributed by atoms with Gasteiger partial charge in [-0.3, -0.25) is 4.98 Å². The van der Waals surface area contributed by atoms with Crippen molar-refractivity contribution >= 4 is 12.6 Å². The monoisotopic (exact) mass is 259 g/mol. The van der Waals surface area contributed by atoms with E-state index in [9.17, 15) is 5.26 Å². The number of nitrogens with zero attached hydrogens (tertiary/aromatic N) is 2. The Morgan fingerprint density at radius 2 is 1.89 bits per heavy atom. The van der Waals surface area contributed by atoms with E-state index in [0.29, 0.717) is 16.7 Å². The van der Waals surface area contributed by atoms with E-state index in [-0.39, 0.29) is 6.54 Å². The summed E-state index contributed by atoms with van der Waals surface area (Å²) in [6.45, 7) is 8.12. The second kappa shape index (κ2) is 4.60. The lowest BCUT2D eigenvalue weighted by atomic mass is 9.75. The van der Waals surface area contributed by atoms with Crippen molar-refractivity contribution in [2.24, 2.45) is 5.73 Å². The van der Waals surface area contributed by atoms with Crippen molar-refractivity contribution in [1.29, 1.82) is 5.26 Å². The molecule has 0 unspecified atom stereocenters. The summed E-state index contributed by atoms with van der Waals surface area (Å²) in [5, 5.41) is 9.23. The molecule has 0 aromatic carbocycles. The molecule has 2 N–H and O–H groups in total. The van der Waals surface area contributed by atoms with Crippen LogP contribution in [0.15, 0.2) is 12.3 Å². The van der Waals surface area contributed by atoms with Crippen molar-refractivity contribution < 1.29 is 9.31 Å². The zero-order chi connectivity index (χ0) is 14.3. The summed E-state index contributed by atoms with van der Waals surface area (Å²) in [5.74, 6) is 0. The first kappa shape index (κ1) is 14.0. The molecule has 1 saturated heterocycles. The van der Waals surface area contributed by atoms with E-state index in [2.05, 4.69) is 11.1 Å². The molecule has 0 aliphatic carbocycles. The molecule has 1 aromatic rings. The summed E-state index contributed by atoms with van der Waals surface area (Å²) in [4.78, 5) is 4.21. The molecule has 1 aromatic heterocycles. The molecular weight excluding hydrogens is 241 g/mol. The minimum absolute atomic E-state index is 0.245. The van der Waals surface area contributed by atoms with Gasteiger partial charge < -0.3 is 15.0 Å². The smallest absolute Gasteiger partial charge is 0.399 e. The Kier molecular flexibility index (Phi) is 3.39. The van der Waals surface area contributed by atoms with Gasteiger partial charge in [0, 0.05) is 18.2 Å². The van der Waals surface area contributed by atoms with Crippen LogP contribution in [0.4, 0.5) is 0 Å². The number of nitrogens with two attached hydrogens (primary N) is 1. The second-order valence-electron chi connectivity index (χ2n) is 5.62. The standard InChI is InChI=1S/C13H18BN3O2/c1-12(2)13(3,4)19-14(18-12)11-9(7-15)5-6-17-10(11)8-16/h5-6H,8,16H2,1-4H3. The summed E-state index contributed by atoms with van der Waals surface area (Å²) in [6.07, 6.45) is 1.58. The third-order valence-corrected chi connectivity index (χ3v) is 3.88. The topological polar surface area (TPSA) is 81.2 Å². The summed E-state index contributed by atoms with van der Waals surface area (Å²) in [7, 11) is -0.605. The summed E-state index contributed by atoms with van der Waals surface area (Å²) in [6, 6.07) is 3.80. The lowest BCUT2D eigenvalue weighted by molar-refractivity contribution is 0.00578. The maximum absolute atomic E-state index is 9.23. The van der Waals surface area contributed by atoms with Crippen LogP contribution in [0.1, 0.15) is 39.0 Å². The Balaban J connectivity index is 2.48. The number of nitriles is 1. The molecule has 5 nitrogen and oxygen atoms in total. The number of rotatable bonds is 2. The maximum Gasteiger partial charge on any atom is 0.498 e. The van der Waals surface area contributed by atoms with Crippen LogP contribution in [-0.4, -0.2) is 23.3 Å². The van der Waals surface area contributed by atoms with Crippen molar-refractivity contribution in [2.75, 3.05) is 0 Å². The van der Waals surface area contributed by atoms with Gasteiger partial charge in [-0.25, -0.2) is 0 Å². The van der Waals surface area contributed by atoms with Crippen molar-refractivity contribution in [3.05, 3.63) is 23.5 Å². The quantitative estimate of drug-likeness (QED) is 0.791. The molecule has 0 atom stereocenters. The molecule has 2 rings (SSSR count). The molecule has 0 spiro atoms. The van der Waals surface area contributed by atoms with Crippen LogP contribution in [0.2, 0.25) is 0 Å². The second-order valence-corrected chi connectivity index (χ2v) is 5.62. The molecule has 2 heterocycles. The van der Waals surface area contributed by atoms with Gasteiger partial charge in [-0.1, -0.05) is 0 Å². The van der Waals surface area contributed by atoms with Crippen molar-refractivity contribution in [2.45, 2.75) is 45.4 Å². The van der Waals surface area contributed by atoms with Crippen LogP contribution < -0.4 is 11.2 Å². The SMILES string of the molecule is CC1(C)OB(c2c(C#N)ccnc2CN)OC1(C)C. The number of hydrogen-bond acceptors (Lipinski definition) is 5. The molecule has 6 heteroatoms. The van der Waals surface area contributed by atoms with E-state index in [1.54, 1.807) is 12.3 Å². The van der Waals surface area contributed by atoms with Crippen LogP contribution >= 0.6 is 0 Å². The minimum atomic E-state index is -0.605. The van der Waals surface area contributed by atoms with E-state index >= 15 is 0 Å². The van der Waals surface area contributed by atoms with Crippen LogP contribution in [-0.2, 0) is 15.9 Å². The summed E-state index contributed by atoms with van der Waals surface area (Å²) in [5.41, 5.74) is 6.57. The van der Waals surface area contributed by atoms with Gasteiger partial charge >= 0.3 is 7.12 Å². The van der Waals surface area contributed by atoms with Gasteiger partial charge in [0.1, 0.15) is 0 Å². The fraction of sp³-hybridized carbons (Fsp3) is 0.538. The molecule has 0 radical (unpaired) electrons. The molecule has 1 aliphatic rings. The Labute approximate surface area is 113 Å². The highest BCUT2D eigenvalue weighted by Crippen LogP contribution is 2.36. The van der Waals surface area contributed by atoms with Crippen molar-refractivity contribution in [3.8, 4) is 6.07 Å². The Morgan fingerprint density at radius 1 is 1.32 bits per heavy atom. The predicted molar refractivity (Wildman–Crippen MR) is 72.6 cm³/mol. The van der Waals surface area contributed by atoms with Gasteiger partial charge in [0.05, 0.1) is 28.5 Å². The molecule has 0 bridgehead atoms.